The van der Waals surface area contributed by atoms with Gasteiger partial charge in [-0.2, -0.15) is 10.2 Å². The topological polar surface area (TPSA) is 76.9 Å². The van der Waals surface area contributed by atoms with Gasteiger partial charge < -0.3 is 15.5 Å². The van der Waals surface area contributed by atoms with Crippen molar-refractivity contribution in [3.8, 4) is 6.07 Å². The third kappa shape index (κ3) is 5.41. The molecule has 2 aromatic rings. The first kappa shape index (κ1) is 21.9. The molecule has 1 saturated carbocycles. The Kier molecular flexibility index (Phi) is 6.81. The zero-order valence-electron chi connectivity index (χ0n) is 18.9. The molecule has 0 aliphatic heterocycles. The summed E-state index contributed by atoms with van der Waals surface area (Å²) in [6.45, 7) is 7.72. The van der Waals surface area contributed by atoms with Crippen molar-refractivity contribution in [2.45, 2.75) is 52.5 Å². The van der Waals surface area contributed by atoms with E-state index in [1.54, 1.807) is 6.20 Å². The molecule has 1 aromatic carbocycles. The maximum Gasteiger partial charge on any atom is 0.224 e. The SMILES string of the molecule is C[C@H]1CC[C@@H](Nc2nc(NCCc3ccc(N(C)C)cc3)ncc2C#N)CC1(C)C. The lowest BCUT2D eigenvalue weighted by Crippen LogP contribution is -2.37. The molecule has 2 atom stereocenters. The minimum absolute atomic E-state index is 0.291. The van der Waals surface area contributed by atoms with Gasteiger partial charge in [0.05, 0.1) is 6.20 Å². The summed E-state index contributed by atoms with van der Waals surface area (Å²) in [6.07, 6.45) is 5.87. The van der Waals surface area contributed by atoms with Crippen molar-refractivity contribution in [3.63, 3.8) is 0 Å². The van der Waals surface area contributed by atoms with E-state index in [0.717, 1.165) is 25.8 Å². The van der Waals surface area contributed by atoms with E-state index in [1.165, 1.54) is 17.7 Å². The standard InChI is InChI=1S/C24H34N6/c1-17-6-9-20(14-24(17,2)3)28-22-19(15-25)16-27-23(29-22)26-13-12-18-7-10-21(11-8-18)30(4)5/h7-8,10-11,16-17,20H,6,9,12-14H2,1-5H3,(H2,26,27,28,29)/t17-,20+/m0/s1. The first-order valence-corrected chi connectivity index (χ1v) is 10.8. The summed E-state index contributed by atoms with van der Waals surface area (Å²) in [4.78, 5) is 11.0. The number of rotatable bonds is 7. The number of anilines is 3. The number of benzene rings is 1. The Morgan fingerprint density at radius 3 is 2.57 bits per heavy atom. The van der Waals surface area contributed by atoms with Crippen LogP contribution in [0.15, 0.2) is 30.5 Å². The largest absolute Gasteiger partial charge is 0.378 e. The maximum absolute atomic E-state index is 9.48. The zero-order valence-corrected chi connectivity index (χ0v) is 18.9. The molecule has 1 fully saturated rings. The van der Waals surface area contributed by atoms with Crippen molar-refractivity contribution in [1.29, 1.82) is 5.26 Å². The van der Waals surface area contributed by atoms with Gasteiger partial charge in [-0.3, -0.25) is 0 Å². The van der Waals surface area contributed by atoms with E-state index in [2.05, 4.69) is 76.6 Å². The van der Waals surface area contributed by atoms with Crippen molar-refractivity contribution in [3.05, 3.63) is 41.6 Å². The first-order valence-electron chi connectivity index (χ1n) is 10.8. The second-order valence-corrected chi connectivity index (χ2v) is 9.32. The van der Waals surface area contributed by atoms with Gasteiger partial charge in [0.25, 0.3) is 0 Å². The van der Waals surface area contributed by atoms with E-state index >= 15 is 0 Å². The third-order valence-corrected chi connectivity index (χ3v) is 6.45. The average Bonchev–Trinajstić information content (AvgIpc) is 2.71. The van der Waals surface area contributed by atoms with Crippen LogP contribution < -0.4 is 15.5 Å². The Hall–Kier alpha value is -2.81. The fraction of sp³-hybridized carbons (Fsp3) is 0.542. The highest BCUT2D eigenvalue weighted by molar-refractivity contribution is 5.54. The molecule has 6 heteroatoms. The molecular weight excluding hydrogens is 372 g/mol. The molecule has 0 saturated heterocycles. The van der Waals surface area contributed by atoms with Gasteiger partial charge in [-0.05, 0) is 54.7 Å². The van der Waals surface area contributed by atoms with Crippen LogP contribution in [0.25, 0.3) is 0 Å². The van der Waals surface area contributed by atoms with Gasteiger partial charge in [0.15, 0.2) is 0 Å². The van der Waals surface area contributed by atoms with E-state index in [4.69, 9.17) is 0 Å². The molecular formula is C24H34N6. The molecule has 1 aliphatic carbocycles. The van der Waals surface area contributed by atoms with Gasteiger partial charge in [-0.1, -0.05) is 32.9 Å². The molecule has 3 rings (SSSR count). The fourth-order valence-electron chi connectivity index (χ4n) is 4.04. The fourth-order valence-corrected chi connectivity index (χ4v) is 4.04. The van der Waals surface area contributed by atoms with Gasteiger partial charge in [-0.25, -0.2) is 4.98 Å². The zero-order chi connectivity index (χ0) is 21.7. The summed E-state index contributed by atoms with van der Waals surface area (Å²) in [7, 11) is 4.08. The number of nitrogens with one attached hydrogen (secondary N) is 2. The Balaban J connectivity index is 1.61. The third-order valence-electron chi connectivity index (χ3n) is 6.45. The van der Waals surface area contributed by atoms with E-state index in [1.807, 2.05) is 14.1 Å². The van der Waals surface area contributed by atoms with E-state index < -0.39 is 0 Å². The second kappa shape index (κ2) is 9.34. The van der Waals surface area contributed by atoms with Crippen LogP contribution in [0.3, 0.4) is 0 Å². The highest BCUT2D eigenvalue weighted by Crippen LogP contribution is 2.41. The van der Waals surface area contributed by atoms with Crippen LogP contribution in [-0.2, 0) is 6.42 Å². The Bertz CT molecular complexity index is 882. The first-order chi connectivity index (χ1) is 14.3. The lowest BCUT2D eigenvalue weighted by molar-refractivity contribution is 0.143. The van der Waals surface area contributed by atoms with Gasteiger partial charge >= 0.3 is 0 Å². The minimum atomic E-state index is 0.291. The highest BCUT2D eigenvalue weighted by Gasteiger charge is 2.34. The number of nitrogens with zero attached hydrogens (tertiary/aromatic N) is 4. The molecule has 1 aliphatic rings. The molecule has 30 heavy (non-hydrogen) atoms. The Morgan fingerprint density at radius 1 is 1.20 bits per heavy atom. The lowest BCUT2D eigenvalue weighted by atomic mass is 9.68. The van der Waals surface area contributed by atoms with Crippen molar-refractivity contribution >= 4 is 17.5 Å². The summed E-state index contributed by atoms with van der Waals surface area (Å²) in [5.74, 6) is 1.91. The minimum Gasteiger partial charge on any atom is -0.378 e. The van der Waals surface area contributed by atoms with E-state index in [-0.39, 0.29) is 0 Å². The summed E-state index contributed by atoms with van der Waals surface area (Å²) < 4.78 is 0. The quantitative estimate of drug-likeness (QED) is 0.694. The van der Waals surface area contributed by atoms with Crippen LogP contribution in [0.4, 0.5) is 17.5 Å². The molecule has 1 aromatic heterocycles. The van der Waals surface area contributed by atoms with Gasteiger partial charge in [0.1, 0.15) is 17.5 Å². The van der Waals surface area contributed by atoms with Gasteiger partial charge in [-0.15, -0.1) is 0 Å². The lowest BCUT2D eigenvalue weighted by Gasteiger charge is -2.41. The molecule has 0 unspecified atom stereocenters. The molecule has 0 spiro atoms. The van der Waals surface area contributed by atoms with Crippen LogP contribution in [0.2, 0.25) is 0 Å². The predicted octanol–water partition coefficient (Wildman–Crippen LogP) is 4.70. The Labute approximate surface area is 180 Å². The van der Waals surface area contributed by atoms with E-state index in [9.17, 15) is 5.26 Å². The van der Waals surface area contributed by atoms with Gasteiger partial charge in [0, 0.05) is 32.4 Å². The van der Waals surface area contributed by atoms with Crippen molar-refractivity contribution in [2.24, 2.45) is 11.3 Å². The van der Waals surface area contributed by atoms with Crippen LogP contribution in [0, 0.1) is 22.7 Å². The number of nitriles is 1. The van der Waals surface area contributed by atoms with Crippen molar-refractivity contribution < 1.29 is 0 Å². The van der Waals surface area contributed by atoms with Crippen LogP contribution in [-0.4, -0.2) is 36.6 Å². The molecule has 160 valence electrons. The van der Waals surface area contributed by atoms with Crippen molar-refractivity contribution in [2.75, 3.05) is 36.2 Å². The van der Waals surface area contributed by atoms with Crippen LogP contribution in [0.1, 0.15) is 51.2 Å². The van der Waals surface area contributed by atoms with E-state index in [0.29, 0.717) is 34.7 Å². The summed E-state index contributed by atoms with van der Waals surface area (Å²) in [6, 6.07) is 11.1. The van der Waals surface area contributed by atoms with Crippen molar-refractivity contribution in [1.82, 2.24) is 9.97 Å². The number of hydrogen-bond donors (Lipinski definition) is 2. The number of aromatic nitrogens is 2. The van der Waals surface area contributed by atoms with Gasteiger partial charge in [0.2, 0.25) is 5.95 Å². The second-order valence-electron chi connectivity index (χ2n) is 9.32. The van der Waals surface area contributed by atoms with Crippen LogP contribution >= 0.6 is 0 Å². The predicted molar refractivity (Wildman–Crippen MR) is 124 cm³/mol. The summed E-state index contributed by atoms with van der Waals surface area (Å²) >= 11 is 0. The molecule has 2 N–H and O–H groups in total. The molecule has 1 heterocycles. The molecule has 0 amide bonds. The number of hydrogen-bond acceptors (Lipinski definition) is 6. The van der Waals surface area contributed by atoms with Crippen LogP contribution in [0.5, 0.6) is 0 Å². The summed E-state index contributed by atoms with van der Waals surface area (Å²) in [5.41, 5.74) is 3.24. The smallest absolute Gasteiger partial charge is 0.224 e. The molecule has 0 bridgehead atoms. The summed E-state index contributed by atoms with van der Waals surface area (Å²) in [5, 5.41) is 16.3. The Morgan fingerprint density at radius 2 is 1.93 bits per heavy atom. The average molecular weight is 407 g/mol. The monoisotopic (exact) mass is 406 g/mol. The molecule has 6 nitrogen and oxygen atoms in total. The normalized spacial score (nSPS) is 20.3. The highest BCUT2D eigenvalue weighted by atomic mass is 15.1. The molecule has 0 radical (unpaired) electrons. The maximum atomic E-state index is 9.48.